The summed E-state index contributed by atoms with van der Waals surface area (Å²) in [6.45, 7) is 0.157. The second-order valence-electron chi connectivity index (χ2n) is 3.93. The highest BCUT2D eigenvalue weighted by Crippen LogP contribution is 2.27. The molecule has 0 radical (unpaired) electrons. The number of aromatic amines is 1. The first-order valence-electron chi connectivity index (χ1n) is 5.18. The highest BCUT2D eigenvalue weighted by atomic mass is 127. The molecule has 4 N–H and O–H groups in total. The lowest BCUT2D eigenvalue weighted by atomic mass is 10.1. The van der Waals surface area contributed by atoms with E-state index in [9.17, 15) is 14.7 Å². The van der Waals surface area contributed by atoms with Gasteiger partial charge in [-0.25, -0.2) is 4.79 Å². The summed E-state index contributed by atoms with van der Waals surface area (Å²) >= 11 is 1.68. The molecule has 1 aliphatic heterocycles. The van der Waals surface area contributed by atoms with Gasteiger partial charge >= 0.3 is 5.69 Å². The quantitative estimate of drug-likeness (QED) is 0.558. The average Bonchev–Trinajstić information content (AvgIpc) is 2.58. The fraction of sp³-hybridized carbons (Fsp3) is 0.556. The number of hydrogen-bond acceptors (Lipinski definition) is 6. The Balaban J connectivity index is 2.29. The second kappa shape index (κ2) is 5.48. The molecule has 1 saturated heterocycles. The largest absolute Gasteiger partial charge is 0.389 e. The molecule has 1 aliphatic rings. The van der Waals surface area contributed by atoms with E-state index in [0.717, 1.165) is 4.57 Å². The maximum Gasteiger partial charge on any atom is 0.330 e. The lowest BCUT2D eigenvalue weighted by molar-refractivity contribution is -0.0355. The van der Waals surface area contributed by atoms with Crippen molar-refractivity contribution in [2.75, 3.05) is 6.61 Å². The van der Waals surface area contributed by atoms with Crippen molar-refractivity contribution in [3.8, 4) is 0 Å². The van der Waals surface area contributed by atoms with Gasteiger partial charge in [0.25, 0.3) is 5.56 Å². The van der Waals surface area contributed by atoms with E-state index in [0.29, 0.717) is 0 Å². The molecule has 2 rings (SSSR count). The van der Waals surface area contributed by atoms with Gasteiger partial charge in [-0.2, -0.15) is 0 Å². The maximum absolute atomic E-state index is 11.6. The van der Waals surface area contributed by atoms with Crippen LogP contribution in [0.15, 0.2) is 21.9 Å². The van der Waals surface area contributed by atoms with Crippen molar-refractivity contribution in [1.29, 1.82) is 0 Å². The van der Waals surface area contributed by atoms with Crippen molar-refractivity contribution in [1.82, 2.24) is 9.55 Å². The average molecular weight is 369 g/mol. The molecule has 0 amide bonds. The number of rotatable bonds is 3. The predicted octanol–water partition coefficient (Wildman–Crippen LogP) is -1.51. The highest BCUT2D eigenvalue weighted by molar-refractivity contribution is 14.1. The Morgan fingerprint density at radius 1 is 1.61 bits per heavy atom. The standard InChI is InChI=1S/C9H12IN3O5/c10-17-3-4-7(15)6(11)8(18-4)13-2-1-5(14)12-9(13)16/h1-2,4,6-8,15H,3,11H2,(H,12,14,16)/t4-,6?,7?,8-/m0/s1. The number of hydrogen-bond donors (Lipinski definition) is 3. The van der Waals surface area contributed by atoms with Gasteiger partial charge in [-0.15, -0.1) is 0 Å². The van der Waals surface area contributed by atoms with Gasteiger partial charge in [0.1, 0.15) is 35.2 Å². The van der Waals surface area contributed by atoms with E-state index in [4.69, 9.17) is 13.5 Å². The zero-order chi connectivity index (χ0) is 13.3. The molecule has 9 heteroatoms. The third kappa shape index (κ3) is 2.49. The summed E-state index contributed by atoms with van der Waals surface area (Å²) in [6.07, 6.45) is -1.10. The molecule has 0 aromatic carbocycles. The summed E-state index contributed by atoms with van der Waals surface area (Å²) in [5.41, 5.74) is 4.66. The third-order valence-electron chi connectivity index (χ3n) is 2.77. The molecule has 2 heterocycles. The van der Waals surface area contributed by atoms with Gasteiger partial charge in [-0.3, -0.25) is 14.3 Å². The van der Waals surface area contributed by atoms with Crippen LogP contribution in [0.3, 0.4) is 0 Å². The molecule has 18 heavy (non-hydrogen) atoms. The molecular formula is C9H12IN3O5. The van der Waals surface area contributed by atoms with Crippen LogP contribution in [0.25, 0.3) is 0 Å². The van der Waals surface area contributed by atoms with Gasteiger partial charge in [-0.1, -0.05) is 0 Å². The fourth-order valence-corrected chi connectivity index (χ4v) is 2.20. The predicted molar refractivity (Wildman–Crippen MR) is 69.2 cm³/mol. The van der Waals surface area contributed by atoms with Crippen molar-refractivity contribution >= 4 is 23.0 Å². The molecule has 2 unspecified atom stereocenters. The Labute approximate surface area is 115 Å². The van der Waals surface area contributed by atoms with Crippen LogP contribution in [0, 0.1) is 0 Å². The molecule has 1 aromatic rings. The monoisotopic (exact) mass is 369 g/mol. The number of halogens is 1. The van der Waals surface area contributed by atoms with Gasteiger partial charge in [0, 0.05) is 12.3 Å². The van der Waals surface area contributed by atoms with Crippen molar-refractivity contribution in [2.45, 2.75) is 24.5 Å². The van der Waals surface area contributed by atoms with E-state index in [2.05, 4.69) is 4.98 Å². The number of nitrogens with zero attached hydrogens (tertiary/aromatic N) is 1. The molecule has 0 saturated carbocycles. The minimum absolute atomic E-state index is 0.157. The number of ether oxygens (including phenoxy) is 1. The van der Waals surface area contributed by atoms with Crippen LogP contribution in [0.1, 0.15) is 6.23 Å². The summed E-state index contributed by atoms with van der Waals surface area (Å²) in [7, 11) is 0. The molecule has 4 atom stereocenters. The Morgan fingerprint density at radius 2 is 2.33 bits per heavy atom. The summed E-state index contributed by atoms with van der Waals surface area (Å²) in [5, 5.41) is 9.85. The number of aliphatic hydroxyl groups is 1. The van der Waals surface area contributed by atoms with E-state index < -0.39 is 35.7 Å². The number of nitrogens with one attached hydrogen (secondary N) is 1. The Hall–Kier alpha value is -0.750. The first-order valence-corrected chi connectivity index (χ1v) is 6.07. The fourth-order valence-electron chi connectivity index (χ4n) is 1.85. The van der Waals surface area contributed by atoms with Crippen LogP contribution in [0.2, 0.25) is 0 Å². The molecule has 8 nitrogen and oxygen atoms in total. The van der Waals surface area contributed by atoms with Crippen molar-refractivity contribution in [2.24, 2.45) is 5.73 Å². The molecule has 1 aromatic heterocycles. The number of nitrogens with two attached hydrogens (primary N) is 1. The van der Waals surface area contributed by atoms with Crippen LogP contribution < -0.4 is 17.0 Å². The van der Waals surface area contributed by atoms with E-state index in [-0.39, 0.29) is 6.61 Å². The second-order valence-corrected chi connectivity index (χ2v) is 4.55. The summed E-state index contributed by atoms with van der Waals surface area (Å²) < 4.78 is 11.5. The van der Waals surface area contributed by atoms with Gasteiger partial charge < -0.3 is 18.6 Å². The van der Waals surface area contributed by atoms with Crippen molar-refractivity contribution in [3.05, 3.63) is 33.1 Å². The van der Waals surface area contributed by atoms with Crippen molar-refractivity contribution in [3.63, 3.8) is 0 Å². The zero-order valence-electron chi connectivity index (χ0n) is 9.15. The minimum atomic E-state index is -0.941. The Kier molecular flexibility index (Phi) is 4.17. The van der Waals surface area contributed by atoms with Gasteiger partial charge in [0.15, 0.2) is 6.23 Å². The summed E-state index contributed by atoms with van der Waals surface area (Å²) in [6, 6.07) is 0.414. The van der Waals surface area contributed by atoms with E-state index >= 15 is 0 Å². The lowest BCUT2D eigenvalue weighted by Crippen LogP contribution is -2.42. The van der Waals surface area contributed by atoms with Gasteiger partial charge in [0.2, 0.25) is 0 Å². The summed E-state index contributed by atoms with van der Waals surface area (Å²) in [5.74, 6) is 0. The maximum atomic E-state index is 11.6. The number of aliphatic hydroxyl groups excluding tert-OH is 1. The zero-order valence-corrected chi connectivity index (χ0v) is 11.3. The Morgan fingerprint density at radius 3 is 2.94 bits per heavy atom. The first-order chi connectivity index (χ1) is 8.54. The Bertz CT molecular complexity index is 529. The van der Waals surface area contributed by atoms with Crippen LogP contribution in [0.5, 0.6) is 0 Å². The molecule has 0 spiro atoms. The smallest absolute Gasteiger partial charge is 0.330 e. The third-order valence-corrected chi connectivity index (χ3v) is 3.13. The molecule has 0 bridgehead atoms. The topological polar surface area (TPSA) is 120 Å². The van der Waals surface area contributed by atoms with Crippen LogP contribution in [-0.4, -0.2) is 39.5 Å². The lowest BCUT2D eigenvalue weighted by Gasteiger charge is -2.17. The normalized spacial score (nSPS) is 31.7. The van der Waals surface area contributed by atoms with Gasteiger partial charge in [-0.05, 0) is 0 Å². The van der Waals surface area contributed by atoms with Crippen LogP contribution >= 0.6 is 23.0 Å². The molecule has 100 valence electrons. The van der Waals surface area contributed by atoms with E-state index in [1.165, 1.54) is 12.3 Å². The molecule has 0 aliphatic carbocycles. The van der Waals surface area contributed by atoms with E-state index in [1.54, 1.807) is 23.0 Å². The highest BCUT2D eigenvalue weighted by Gasteiger charge is 2.42. The molecular weight excluding hydrogens is 357 g/mol. The number of aromatic nitrogens is 2. The first kappa shape index (κ1) is 13.7. The van der Waals surface area contributed by atoms with Crippen molar-refractivity contribution < 1.29 is 12.9 Å². The van der Waals surface area contributed by atoms with Crippen LogP contribution in [-0.2, 0) is 7.80 Å². The SMILES string of the molecule is NC1C(O)[C@H](COI)O[C@@H]1n1ccc(=O)[nH]c1=O. The number of H-pyrrole nitrogens is 1. The summed E-state index contributed by atoms with van der Waals surface area (Å²) in [4.78, 5) is 24.7. The van der Waals surface area contributed by atoms with E-state index in [1.807, 2.05) is 0 Å². The van der Waals surface area contributed by atoms with Gasteiger partial charge in [0.05, 0.1) is 12.6 Å². The minimum Gasteiger partial charge on any atom is -0.389 e. The molecule has 1 fully saturated rings. The van der Waals surface area contributed by atoms with Crippen LogP contribution in [0.4, 0.5) is 0 Å².